The Balaban J connectivity index is 1.36. The van der Waals surface area contributed by atoms with Crippen LogP contribution in [0, 0.1) is 6.92 Å². The Kier molecular flexibility index (Phi) is 6.86. The first-order valence-corrected chi connectivity index (χ1v) is 11.0. The van der Waals surface area contributed by atoms with E-state index in [4.69, 9.17) is 9.94 Å². The minimum absolute atomic E-state index is 0.00654. The second-order valence-electron chi connectivity index (χ2n) is 8.44. The van der Waals surface area contributed by atoms with Crippen molar-refractivity contribution < 1.29 is 19.5 Å². The molecule has 0 spiro atoms. The summed E-state index contributed by atoms with van der Waals surface area (Å²) in [5.41, 5.74) is 4.56. The van der Waals surface area contributed by atoms with Crippen molar-refractivity contribution in [3.63, 3.8) is 0 Å². The van der Waals surface area contributed by atoms with E-state index in [0.717, 1.165) is 23.0 Å². The van der Waals surface area contributed by atoms with Crippen molar-refractivity contribution >= 4 is 22.7 Å². The number of ether oxygens (including phenoxy) is 1. The van der Waals surface area contributed by atoms with Crippen LogP contribution in [0.5, 0.6) is 5.75 Å². The molecule has 1 aliphatic heterocycles. The number of para-hydroxylation sites is 1. The molecule has 0 radical (unpaired) electrons. The SMILES string of the molecule is Cc1cc(CCOc2ccc(C(=O)NC3(CC(=O)NO)CCNC3)cc2)c2ccccc2n1. The first-order chi connectivity index (χ1) is 16.0. The Morgan fingerprint density at radius 2 is 1.97 bits per heavy atom. The van der Waals surface area contributed by atoms with Crippen LogP contribution in [0.1, 0.15) is 34.5 Å². The fourth-order valence-electron chi connectivity index (χ4n) is 4.29. The third kappa shape index (κ3) is 5.47. The zero-order valence-electron chi connectivity index (χ0n) is 18.6. The van der Waals surface area contributed by atoms with Gasteiger partial charge in [-0.1, -0.05) is 18.2 Å². The summed E-state index contributed by atoms with van der Waals surface area (Å²) in [6.07, 6.45) is 1.36. The van der Waals surface area contributed by atoms with Crippen LogP contribution in [-0.4, -0.2) is 47.2 Å². The molecular weight excluding hydrogens is 420 g/mol. The number of rotatable bonds is 8. The summed E-state index contributed by atoms with van der Waals surface area (Å²) in [6, 6.07) is 17.1. The van der Waals surface area contributed by atoms with Crippen LogP contribution in [0.25, 0.3) is 10.9 Å². The van der Waals surface area contributed by atoms with Crippen LogP contribution < -0.4 is 20.9 Å². The highest BCUT2D eigenvalue weighted by atomic mass is 16.5. The molecule has 172 valence electrons. The molecule has 3 aromatic rings. The van der Waals surface area contributed by atoms with Gasteiger partial charge >= 0.3 is 0 Å². The lowest BCUT2D eigenvalue weighted by Gasteiger charge is -2.28. The van der Waals surface area contributed by atoms with E-state index in [9.17, 15) is 9.59 Å². The molecule has 33 heavy (non-hydrogen) atoms. The predicted molar refractivity (Wildman–Crippen MR) is 124 cm³/mol. The maximum atomic E-state index is 12.8. The summed E-state index contributed by atoms with van der Waals surface area (Å²) in [4.78, 5) is 29.0. The predicted octanol–water partition coefficient (Wildman–Crippen LogP) is 2.52. The maximum Gasteiger partial charge on any atom is 0.251 e. The van der Waals surface area contributed by atoms with Gasteiger partial charge in [-0.15, -0.1) is 0 Å². The lowest BCUT2D eigenvalue weighted by molar-refractivity contribution is -0.130. The molecule has 8 heteroatoms. The average Bonchev–Trinajstić information content (AvgIpc) is 3.27. The molecule has 0 saturated carbocycles. The summed E-state index contributed by atoms with van der Waals surface area (Å²) in [6.45, 7) is 3.65. The normalized spacial score (nSPS) is 17.6. The zero-order valence-corrected chi connectivity index (χ0v) is 18.6. The molecule has 0 aliphatic carbocycles. The van der Waals surface area contributed by atoms with Crippen molar-refractivity contribution in [2.75, 3.05) is 19.7 Å². The number of nitrogens with zero attached hydrogens (tertiary/aromatic N) is 1. The number of nitrogens with one attached hydrogen (secondary N) is 3. The summed E-state index contributed by atoms with van der Waals surface area (Å²) in [5.74, 6) is -0.117. The second kappa shape index (κ2) is 9.97. The summed E-state index contributed by atoms with van der Waals surface area (Å²) in [7, 11) is 0. The third-order valence-electron chi connectivity index (χ3n) is 5.93. The molecule has 0 bridgehead atoms. The van der Waals surface area contributed by atoms with Crippen molar-refractivity contribution in [1.82, 2.24) is 21.1 Å². The summed E-state index contributed by atoms with van der Waals surface area (Å²) >= 11 is 0. The van der Waals surface area contributed by atoms with E-state index in [1.54, 1.807) is 29.7 Å². The third-order valence-corrected chi connectivity index (χ3v) is 5.93. The molecule has 4 N–H and O–H groups in total. The largest absolute Gasteiger partial charge is 0.493 e. The molecule has 1 aromatic heterocycles. The van der Waals surface area contributed by atoms with Gasteiger partial charge in [0.05, 0.1) is 24.1 Å². The van der Waals surface area contributed by atoms with Gasteiger partial charge in [0.25, 0.3) is 5.91 Å². The van der Waals surface area contributed by atoms with Crippen molar-refractivity contribution in [2.24, 2.45) is 0 Å². The molecule has 8 nitrogen and oxygen atoms in total. The Labute approximate surface area is 192 Å². The Morgan fingerprint density at radius 3 is 2.70 bits per heavy atom. The van der Waals surface area contributed by atoms with Crippen LogP contribution in [0.3, 0.4) is 0 Å². The van der Waals surface area contributed by atoms with Crippen molar-refractivity contribution in [3.8, 4) is 5.75 Å². The van der Waals surface area contributed by atoms with Gasteiger partial charge in [0, 0.05) is 29.6 Å². The molecule has 1 atom stereocenters. The number of fused-ring (bicyclic) bond motifs is 1. The van der Waals surface area contributed by atoms with E-state index in [1.807, 2.05) is 25.1 Å². The molecule has 2 amide bonds. The second-order valence-corrected chi connectivity index (χ2v) is 8.44. The van der Waals surface area contributed by atoms with E-state index in [0.29, 0.717) is 37.4 Å². The fraction of sp³-hybridized carbons (Fsp3) is 0.320. The molecule has 4 rings (SSSR count). The Bertz CT molecular complexity index is 1140. The van der Waals surface area contributed by atoms with Crippen LogP contribution >= 0.6 is 0 Å². The highest BCUT2D eigenvalue weighted by Gasteiger charge is 2.37. The molecule has 1 saturated heterocycles. The number of pyridine rings is 1. The van der Waals surface area contributed by atoms with Crippen LogP contribution in [-0.2, 0) is 11.2 Å². The van der Waals surface area contributed by atoms with Crippen molar-refractivity contribution in [3.05, 3.63) is 71.4 Å². The zero-order chi connectivity index (χ0) is 23.3. The van der Waals surface area contributed by atoms with Crippen molar-refractivity contribution in [1.29, 1.82) is 0 Å². The van der Waals surface area contributed by atoms with Gasteiger partial charge in [0.2, 0.25) is 5.91 Å². The van der Waals surface area contributed by atoms with Crippen LogP contribution in [0.4, 0.5) is 0 Å². The van der Waals surface area contributed by atoms with E-state index in [2.05, 4.69) is 27.8 Å². The Hall–Kier alpha value is -3.49. The number of amides is 2. The van der Waals surface area contributed by atoms with E-state index < -0.39 is 11.4 Å². The molecule has 2 aromatic carbocycles. The number of benzene rings is 2. The minimum atomic E-state index is -0.718. The maximum absolute atomic E-state index is 12.8. The highest BCUT2D eigenvalue weighted by Crippen LogP contribution is 2.22. The lowest BCUT2D eigenvalue weighted by atomic mass is 9.93. The van der Waals surface area contributed by atoms with Gasteiger partial charge in [-0.25, -0.2) is 5.48 Å². The quantitative estimate of drug-likeness (QED) is 0.311. The van der Waals surface area contributed by atoms with Crippen LogP contribution in [0.15, 0.2) is 54.6 Å². The van der Waals surface area contributed by atoms with E-state index in [-0.39, 0.29) is 12.3 Å². The Morgan fingerprint density at radius 1 is 1.18 bits per heavy atom. The highest BCUT2D eigenvalue weighted by molar-refractivity contribution is 5.95. The first kappa shape index (κ1) is 22.7. The monoisotopic (exact) mass is 448 g/mol. The number of aromatic nitrogens is 1. The minimum Gasteiger partial charge on any atom is -0.493 e. The molecule has 1 fully saturated rings. The van der Waals surface area contributed by atoms with E-state index >= 15 is 0 Å². The van der Waals surface area contributed by atoms with Gasteiger partial charge in [-0.2, -0.15) is 0 Å². The van der Waals surface area contributed by atoms with Gasteiger partial charge in [0.1, 0.15) is 5.75 Å². The molecule has 2 heterocycles. The number of carbonyl (C=O) groups is 2. The number of hydrogen-bond acceptors (Lipinski definition) is 6. The van der Waals surface area contributed by atoms with Gasteiger partial charge < -0.3 is 15.4 Å². The molecule has 1 unspecified atom stereocenters. The topological polar surface area (TPSA) is 113 Å². The van der Waals surface area contributed by atoms with Crippen LogP contribution in [0.2, 0.25) is 0 Å². The summed E-state index contributed by atoms with van der Waals surface area (Å²) < 4.78 is 5.91. The smallest absolute Gasteiger partial charge is 0.251 e. The summed E-state index contributed by atoms with van der Waals surface area (Å²) in [5, 5.41) is 16.1. The fourth-order valence-corrected chi connectivity index (χ4v) is 4.29. The average molecular weight is 449 g/mol. The first-order valence-electron chi connectivity index (χ1n) is 11.0. The lowest BCUT2D eigenvalue weighted by Crippen LogP contribution is -2.52. The number of carbonyl (C=O) groups excluding carboxylic acids is 2. The van der Waals surface area contributed by atoms with E-state index in [1.165, 1.54) is 5.56 Å². The number of hydrogen-bond donors (Lipinski definition) is 4. The van der Waals surface area contributed by atoms with Gasteiger partial charge in [0.15, 0.2) is 0 Å². The number of aryl methyl sites for hydroxylation is 1. The van der Waals surface area contributed by atoms with Crippen molar-refractivity contribution in [2.45, 2.75) is 31.7 Å². The van der Waals surface area contributed by atoms with Gasteiger partial charge in [-0.05, 0) is 61.9 Å². The van der Waals surface area contributed by atoms with Gasteiger partial charge in [-0.3, -0.25) is 19.8 Å². The standard InChI is InChI=1S/C25H28N4O4/c1-17-14-19(21-4-2-3-5-22(21)27-17)10-13-33-20-8-6-18(7-9-20)24(31)28-25(11-12-26-16-25)15-23(30)29-32/h2-9,14,26,32H,10-13,15-16H2,1H3,(H,28,31)(H,29,30). The molecule has 1 aliphatic rings. The number of hydroxylamine groups is 1. The molecular formula is C25H28N4O4.